The van der Waals surface area contributed by atoms with Crippen LogP contribution in [0.25, 0.3) is 0 Å². The number of nitriles is 1. The van der Waals surface area contributed by atoms with Gasteiger partial charge in [-0.15, -0.1) is 11.3 Å². The van der Waals surface area contributed by atoms with Gasteiger partial charge in [0.2, 0.25) is 0 Å². The van der Waals surface area contributed by atoms with Gasteiger partial charge in [-0.3, -0.25) is 4.79 Å². The molecule has 1 aromatic heterocycles. The minimum absolute atomic E-state index is 0.241. The zero-order valence-electron chi connectivity index (χ0n) is 15.8. The topological polar surface area (TPSA) is 88.4 Å². The normalized spacial score (nSPS) is 10.4. The fourth-order valence-corrected chi connectivity index (χ4v) is 3.31. The third-order valence-electron chi connectivity index (χ3n) is 3.65. The maximum atomic E-state index is 12.5. The van der Waals surface area contributed by atoms with Crippen molar-refractivity contribution in [3.63, 3.8) is 0 Å². The molecule has 1 N–H and O–H groups in total. The van der Waals surface area contributed by atoms with E-state index in [1.165, 1.54) is 0 Å². The average molecular weight is 386 g/mol. The van der Waals surface area contributed by atoms with Crippen LogP contribution in [0.15, 0.2) is 24.3 Å². The first-order valence-electron chi connectivity index (χ1n) is 8.62. The zero-order chi connectivity index (χ0) is 20.0. The highest BCUT2D eigenvalue weighted by Gasteiger charge is 2.22. The summed E-state index contributed by atoms with van der Waals surface area (Å²) < 4.78 is 10.6. The number of carbonyl (C=O) groups is 2. The summed E-state index contributed by atoms with van der Waals surface area (Å²) in [5.74, 6) is 0.241. The maximum Gasteiger partial charge on any atom is 0.348 e. The predicted octanol–water partition coefficient (Wildman–Crippen LogP) is 4.39. The summed E-state index contributed by atoms with van der Waals surface area (Å²) in [6.45, 7) is 8.33. The molecular weight excluding hydrogens is 364 g/mol. The van der Waals surface area contributed by atoms with Gasteiger partial charge in [0.05, 0.1) is 18.8 Å². The standard InChI is InChI=1S/C20H22N2O4S/c1-5-25-20(24)17-13(4)16(10-21)19(27-17)22-18(23)14-6-8-15(9-7-14)26-11-12(2)3/h6-9,12H,5,11H2,1-4H3,(H,22,23). The number of thiophene rings is 1. The summed E-state index contributed by atoms with van der Waals surface area (Å²) in [6.07, 6.45) is 0. The molecule has 1 aromatic carbocycles. The van der Waals surface area contributed by atoms with Crippen LogP contribution in [0.2, 0.25) is 0 Å². The van der Waals surface area contributed by atoms with Crippen molar-refractivity contribution in [2.75, 3.05) is 18.5 Å². The van der Waals surface area contributed by atoms with Gasteiger partial charge in [-0.25, -0.2) is 4.79 Å². The summed E-state index contributed by atoms with van der Waals surface area (Å²) in [4.78, 5) is 24.8. The van der Waals surface area contributed by atoms with Gasteiger partial charge in [0.25, 0.3) is 5.91 Å². The molecule has 2 aromatic rings. The smallest absolute Gasteiger partial charge is 0.348 e. The second-order valence-corrected chi connectivity index (χ2v) is 7.30. The van der Waals surface area contributed by atoms with Gasteiger partial charge >= 0.3 is 5.97 Å². The van der Waals surface area contributed by atoms with Crippen LogP contribution < -0.4 is 10.1 Å². The number of esters is 1. The van der Waals surface area contributed by atoms with E-state index < -0.39 is 5.97 Å². The van der Waals surface area contributed by atoms with Crippen LogP contribution in [-0.2, 0) is 4.74 Å². The molecule has 0 aliphatic carbocycles. The SMILES string of the molecule is CCOC(=O)c1sc(NC(=O)c2ccc(OCC(C)C)cc2)c(C#N)c1C. The van der Waals surface area contributed by atoms with E-state index in [2.05, 4.69) is 19.2 Å². The van der Waals surface area contributed by atoms with Crippen molar-refractivity contribution in [1.29, 1.82) is 5.26 Å². The number of hydrogen-bond acceptors (Lipinski definition) is 6. The summed E-state index contributed by atoms with van der Waals surface area (Å²) in [5.41, 5.74) is 1.21. The number of nitrogens with zero attached hydrogens (tertiary/aromatic N) is 1. The molecule has 0 aliphatic heterocycles. The lowest BCUT2D eigenvalue weighted by atomic mass is 10.1. The van der Waals surface area contributed by atoms with E-state index in [4.69, 9.17) is 9.47 Å². The number of amides is 1. The van der Waals surface area contributed by atoms with E-state index in [-0.39, 0.29) is 18.1 Å². The Balaban J connectivity index is 2.17. The monoisotopic (exact) mass is 386 g/mol. The van der Waals surface area contributed by atoms with Crippen LogP contribution in [0.4, 0.5) is 5.00 Å². The van der Waals surface area contributed by atoms with Gasteiger partial charge in [0.1, 0.15) is 21.7 Å². The Morgan fingerprint density at radius 3 is 2.48 bits per heavy atom. The van der Waals surface area contributed by atoms with E-state index in [0.717, 1.165) is 11.3 Å². The van der Waals surface area contributed by atoms with Crippen LogP contribution in [-0.4, -0.2) is 25.1 Å². The molecule has 0 spiro atoms. The third kappa shape index (κ3) is 5.08. The highest BCUT2D eigenvalue weighted by molar-refractivity contribution is 7.18. The fourth-order valence-electron chi connectivity index (χ4n) is 2.27. The Morgan fingerprint density at radius 1 is 1.26 bits per heavy atom. The summed E-state index contributed by atoms with van der Waals surface area (Å²) in [6, 6.07) is 8.81. The minimum atomic E-state index is -0.497. The number of nitrogens with one attached hydrogen (secondary N) is 1. The third-order valence-corrected chi connectivity index (χ3v) is 4.83. The summed E-state index contributed by atoms with van der Waals surface area (Å²) in [5, 5.41) is 12.4. The van der Waals surface area contributed by atoms with Crippen molar-refractivity contribution >= 4 is 28.2 Å². The molecule has 2 rings (SSSR count). The Hall–Kier alpha value is -2.85. The highest BCUT2D eigenvalue weighted by atomic mass is 32.1. The number of carbonyl (C=O) groups excluding carboxylic acids is 2. The summed E-state index contributed by atoms with van der Waals surface area (Å²) >= 11 is 1.04. The fraction of sp³-hybridized carbons (Fsp3) is 0.350. The molecule has 0 saturated heterocycles. The van der Waals surface area contributed by atoms with Crippen molar-refractivity contribution in [2.24, 2.45) is 5.92 Å². The lowest BCUT2D eigenvalue weighted by molar-refractivity contribution is 0.0531. The highest BCUT2D eigenvalue weighted by Crippen LogP contribution is 2.33. The molecule has 0 aliphatic rings. The summed E-state index contributed by atoms with van der Waals surface area (Å²) in [7, 11) is 0. The molecule has 1 heterocycles. The molecule has 0 saturated carbocycles. The van der Waals surface area contributed by atoms with E-state index in [9.17, 15) is 14.9 Å². The second-order valence-electron chi connectivity index (χ2n) is 6.28. The Kier molecular flexibility index (Phi) is 6.97. The van der Waals surface area contributed by atoms with Crippen LogP contribution in [0.5, 0.6) is 5.75 Å². The molecule has 0 atom stereocenters. The van der Waals surface area contributed by atoms with Crippen molar-refractivity contribution in [1.82, 2.24) is 0 Å². The molecular formula is C20H22N2O4S. The van der Waals surface area contributed by atoms with Crippen molar-refractivity contribution in [2.45, 2.75) is 27.7 Å². The van der Waals surface area contributed by atoms with Gasteiger partial charge in [-0.1, -0.05) is 13.8 Å². The van der Waals surface area contributed by atoms with Gasteiger partial charge in [0, 0.05) is 5.56 Å². The quantitative estimate of drug-likeness (QED) is 0.713. The lowest BCUT2D eigenvalue weighted by Crippen LogP contribution is -2.12. The molecule has 1 amide bonds. The number of hydrogen-bond donors (Lipinski definition) is 1. The van der Waals surface area contributed by atoms with Crippen molar-refractivity contribution in [3.8, 4) is 11.8 Å². The molecule has 0 bridgehead atoms. The van der Waals surface area contributed by atoms with Crippen LogP contribution in [0, 0.1) is 24.2 Å². The molecule has 0 unspecified atom stereocenters. The maximum absolute atomic E-state index is 12.5. The first-order valence-corrected chi connectivity index (χ1v) is 9.43. The first kappa shape index (κ1) is 20.5. The van der Waals surface area contributed by atoms with E-state index in [1.54, 1.807) is 38.1 Å². The first-order chi connectivity index (χ1) is 12.9. The molecule has 6 nitrogen and oxygen atoms in total. The van der Waals surface area contributed by atoms with E-state index in [0.29, 0.717) is 39.3 Å². The molecule has 27 heavy (non-hydrogen) atoms. The van der Waals surface area contributed by atoms with Gasteiger partial charge < -0.3 is 14.8 Å². The molecule has 0 radical (unpaired) electrons. The molecule has 142 valence electrons. The molecule has 0 fully saturated rings. The average Bonchev–Trinajstić information content (AvgIpc) is 2.95. The lowest BCUT2D eigenvalue weighted by Gasteiger charge is -2.09. The number of benzene rings is 1. The number of ether oxygens (including phenoxy) is 2. The minimum Gasteiger partial charge on any atom is -0.493 e. The van der Waals surface area contributed by atoms with Gasteiger partial charge in [0.15, 0.2) is 0 Å². The van der Waals surface area contributed by atoms with Crippen LogP contribution in [0.3, 0.4) is 0 Å². The van der Waals surface area contributed by atoms with Gasteiger partial charge in [-0.05, 0) is 49.6 Å². The van der Waals surface area contributed by atoms with Crippen molar-refractivity contribution < 1.29 is 19.1 Å². The van der Waals surface area contributed by atoms with Crippen molar-refractivity contribution in [3.05, 3.63) is 45.8 Å². The van der Waals surface area contributed by atoms with Crippen LogP contribution >= 0.6 is 11.3 Å². The van der Waals surface area contributed by atoms with E-state index >= 15 is 0 Å². The van der Waals surface area contributed by atoms with Crippen LogP contribution in [0.1, 0.15) is 51.9 Å². The predicted molar refractivity (Wildman–Crippen MR) is 104 cm³/mol. The largest absolute Gasteiger partial charge is 0.493 e. The van der Waals surface area contributed by atoms with E-state index in [1.807, 2.05) is 6.07 Å². The Bertz CT molecular complexity index is 863. The van der Waals surface area contributed by atoms with Gasteiger partial charge in [-0.2, -0.15) is 5.26 Å². The Morgan fingerprint density at radius 2 is 1.93 bits per heavy atom. The number of anilines is 1. The zero-order valence-corrected chi connectivity index (χ0v) is 16.6. The number of rotatable bonds is 7. The Labute approximate surface area is 162 Å². The molecule has 7 heteroatoms. The second kappa shape index (κ2) is 9.19.